The number of hydrogen-bond acceptors (Lipinski definition) is 3. The lowest BCUT2D eigenvalue weighted by atomic mass is 10.1. The minimum absolute atomic E-state index is 0.259. The summed E-state index contributed by atoms with van der Waals surface area (Å²) in [6, 6.07) is 10.8. The third-order valence-corrected chi connectivity index (χ3v) is 3.41. The molecule has 2 rings (SSSR count). The van der Waals surface area contributed by atoms with Crippen molar-refractivity contribution in [1.29, 1.82) is 0 Å². The van der Waals surface area contributed by atoms with E-state index in [9.17, 15) is 9.90 Å². The van der Waals surface area contributed by atoms with Crippen molar-refractivity contribution in [3.63, 3.8) is 0 Å². The number of carboxylic acid groups (broad SMARTS) is 1. The summed E-state index contributed by atoms with van der Waals surface area (Å²) in [5, 5.41) is 9.86. The van der Waals surface area contributed by atoms with E-state index >= 15 is 0 Å². The van der Waals surface area contributed by atoms with Gasteiger partial charge in [-0.2, -0.15) is 0 Å². The predicted octanol–water partition coefficient (Wildman–Crippen LogP) is 3.63. The van der Waals surface area contributed by atoms with Crippen LogP contribution >= 0.6 is 11.6 Å². The van der Waals surface area contributed by atoms with Crippen LogP contribution in [0.1, 0.15) is 28.5 Å². The fraction of sp³-hybridized carbons (Fsp3) is 0.250. The van der Waals surface area contributed by atoms with Gasteiger partial charge in [0.1, 0.15) is 5.82 Å². The molecule has 0 spiro atoms. The molecule has 0 saturated carbocycles. The Bertz CT molecular complexity index is 658. The number of aryl methyl sites for hydroxylation is 1. The van der Waals surface area contributed by atoms with Crippen LogP contribution in [0.4, 0.5) is 5.82 Å². The van der Waals surface area contributed by atoms with Gasteiger partial charge in [0, 0.05) is 24.3 Å². The van der Waals surface area contributed by atoms with E-state index in [2.05, 4.69) is 4.98 Å². The number of rotatable bonds is 5. The van der Waals surface area contributed by atoms with Crippen molar-refractivity contribution in [3.05, 3.63) is 58.2 Å². The number of nitrogens with zero attached hydrogens (tertiary/aromatic N) is 2. The highest BCUT2D eigenvalue weighted by Gasteiger charge is 2.11. The number of pyridine rings is 1. The molecule has 2 aromatic rings. The van der Waals surface area contributed by atoms with E-state index in [-0.39, 0.29) is 5.56 Å². The molecule has 0 unspecified atom stereocenters. The molecule has 0 radical (unpaired) electrons. The molecule has 0 saturated heterocycles. The van der Waals surface area contributed by atoms with Gasteiger partial charge >= 0.3 is 5.97 Å². The van der Waals surface area contributed by atoms with Gasteiger partial charge in [-0.15, -0.1) is 0 Å². The molecule has 21 heavy (non-hydrogen) atoms. The Hall–Kier alpha value is -2.07. The second-order valence-corrected chi connectivity index (χ2v) is 5.29. The van der Waals surface area contributed by atoms with Gasteiger partial charge in [-0.05, 0) is 36.2 Å². The van der Waals surface area contributed by atoms with Crippen molar-refractivity contribution in [2.45, 2.75) is 19.9 Å². The van der Waals surface area contributed by atoms with Gasteiger partial charge in [-0.3, -0.25) is 0 Å². The van der Waals surface area contributed by atoms with Crippen LogP contribution < -0.4 is 4.90 Å². The highest BCUT2D eigenvalue weighted by Crippen LogP contribution is 2.18. The summed E-state index contributed by atoms with van der Waals surface area (Å²) in [7, 11) is 1.88. The zero-order valence-corrected chi connectivity index (χ0v) is 12.8. The average Bonchev–Trinajstić information content (AvgIpc) is 2.46. The van der Waals surface area contributed by atoms with Crippen molar-refractivity contribution in [1.82, 2.24) is 4.98 Å². The van der Waals surface area contributed by atoms with E-state index in [1.807, 2.05) is 43.1 Å². The van der Waals surface area contributed by atoms with Gasteiger partial charge < -0.3 is 10.0 Å². The highest BCUT2D eigenvalue weighted by molar-refractivity contribution is 6.30. The Kier molecular flexibility index (Phi) is 4.81. The van der Waals surface area contributed by atoms with Crippen LogP contribution in [-0.2, 0) is 13.0 Å². The lowest BCUT2D eigenvalue weighted by Crippen LogP contribution is -2.19. The molecule has 1 aromatic heterocycles. The fourth-order valence-electron chi connectivity index (χ4n) is 2.06. The topological polar surface area (TPSA) is 53.4 Å². The van der Waals surface area contributed by atoms with Gasteiger partial charge in [-0.1, -0.05) is 30.7 Å². The number of aromatic nitrogens is 1. The van der Waals surface area contributed by atoms with Crippen LogP contribution in [0.3, 0.4) is 0 Å². The second-order valence-electron chi connectivity index (χ2n) is 4.85. The number of aromatic carboxylic acids is 1. The molecule has 0 aliphatic carbocycles. The minimum Gasteiger partial charge on any atom is -0.478 e. The van der Waals surface area contributed by atoms with Gasteiger partial charge in [-0.25, -0.2) is 9.78 Å². The first-order chi connectivity index (χ1) is 9.99. The zero-order chi connectivity index (χ0) is 15.4. The van der Waals surface area contributed by atoms with Gasteiger partial charge in [0.15, 0.2) is 0 Å². The normalized spacial score (nSPS) is 10.4. The Balaban J connectivity index is 2.27. The molecule has 0 aliphatic rings. The second kappa shape index (κ2) is 6.59. The SMILES string of the molecule is CCc1cc(C(=O)O)cc(N(C)Cc2cccc(Cl)c2)n1. The van der Waals surface area contributed by atoms with Crippen LogP contribution in [0.15, 0.2) is 36.4 Å². The first-order valence-corrected chi connectivity index (χ1v) is 7.07. The van der Waals surface area contributed by atoms with Crippen LogP contribution in [-0.4, -0.2) is 23.1 Å². The quantitative estimate of drug-likeness (QED) is 0.916. The molecule has 0 fully saturated rings. The van der Waals surface area contributed by atoms with E-state index in [0.717, 1.165) is 11.3 Å². The van der Waals surface area contributed by atoms with Crippen molar-refractivity contribution >= 4 is 23.4 Å². The summed E-state index contributed by atoms with van der Waals surface area (Å²) < 4.78 is 0. The van der Waals surface area contributed by atoms with Crippen molar-refractivity contribution < 1.29 is 9.90 Å². The monoisotopic (exact) mass is 304 g/mol. The van der Waals surface area contributed by atoms with E-state index in [0.29, 0.717) is 23.8 Å². The maximum Gasteiger partial charge on any atom is 0.335 e. The Morgan fingerprint density at radius 3 is 2.71 bits per heavy atom. The summed E-state index contributed by atoms with van der Waals surface area (Å²) in [5.41, 5.74) is 2.07. The molecule has 110 valence electrons. The molecule has 1 aromatic carbocycles. The van der Waals surface area contributed by atoms with Gasteiger partial charge in [0.2, 0.25) is 0 Å². The van der Waals surface area contributed by atoms with E-state index in [1.54, 1.807) is 12.1 Å². The summed E-state index contributed by atoms with van der Waals surface area (Å²) in [4.78, 5) is 17.6. The van der Waals surface area contributed by atoms with Crippen LogP contribution in [0.5, 0.6) is 0 Å². The molecule has 0 bridgehead atoms. The maximum atomic E-state index is 11.2. The minimum atomic E-state index is -0.940. The largest absolute Gasteiger partial charge is 0.478 e. The Morgan fingerprint density at radius 2 is 2.10 bits per heavy atom. The molecule has 1 N–H and O–H groups in total. The van der Waals surface area contributed by atoms with Crippen LogP contribution in [0.2, 0.25) is 5.02 Å². The molecule has 4 nitrogen and oxygen atoms in total. The van der Waals surface area contributed by atoms with Crippen molar-refractivity contribution in [3.8, 4) is 0 Å². The first kappa shape index (κ1) is 15.3. The number of anilines is 1. The molecular weight excluding hydrogens is 288 g/mol. The van der Waals surface area contributed by atoms with E-state index < -0.39 is 5.97 Å². The zero-order valence-electron chi connectivity index (χ0n) is 12.0. The molecule has 0 atom stereocenters. The third kappa shape index (κ3) is 3.95. The lowest BCUT2D eigenvalue weighted by Gasteiger charge is -2.19. The Morgan fingerprint density at radius 1 is 1.33 bits per heavy atom. The smallest absolute Gasteiger partial charge is 0.335 e. The first-order valence-electron chi connectivity index (χ1n) is 6.69. The van der Waals surface area contributed by atoms with Crippen LogP contribution in [0, 0.1) is 0 Å². The fourth-order valence-corrected chi connectivity index (χ4v) is 2.28. The standard InChI is InChI=1S/C16H17ClN2O2/c1-3-14-8-12(16(20)21)9-15(18-14)19(2)10-11-5-4-6-13(17)7-11/h4-9H,3,10H2,1-2H3,(H,20,21). The highest BCUT2D eigenvalue weighted by atomic mass is 35.5. The maximum absolute atomic E-state index is 11.2. The summed E-state index contributed by atoms with van der Waals surface area (Å²) in [6.07, 6.45) is 0.694. The van der Waals surface area contributed by atoms with E-state index in [1.165, 1.54) is 0 Å². The average molecular weight is 305 g/mol. The molecule has 0 aliphatic heterocycles. The predicted molar refractivity (Wildman–Crippen MR) is 84.1 cm³/mol. The van der Waals surface area contributed by atoms with Gasteiger partial charge in [0.05, 0.1) is 5.56 Å². The van der Waals surface area contributed by atoms with E-state index in [4.69, 9.17) is 11.6 Å². The molecule has 1 heterocycles. The number of carboxylic acids is 1. The number of benzene rings is 1. The molecular formula is C16H17ClN2O2. The lowest BCUT2D eigenvalue weighted by molar-refractivity contribution is 0.0696. The van der Waals surface area contributed by atoms with Crippen molar-refractivity contribution in [2.24, 2.45) is 0 Å². The summed E-state index contributed by atoms with van der Waals surface area (Å²) in [5.74, 6) is -0.295. The van der Waals surface area contributed by atoms with Gasteiger partial charge in [0.25, 0.3) is 0 Å². The number of halogens is 1. The van der Waals surface area contributed by atoms with Crippen LogP contribution in [0.25, 0.3) is 0 Å². The summed E-state index contributed by atoms with van der Waals surface area (Å²) in [6.45, 7) is 2.56. The molecule has 0 amide bonds. The Labute approximate surface area is 129 Å². The molecule has 5 heteroatoms. The number of hydrogen-bond donors (Lipinski definition) is 1. The summed E-state index contributed by atoms with van der Waals surface area (Å²) >= 11 is 5.98. The number of carbonyl (C=O) groups is 1. The van der Waals surface area contributed by atoms with Crippen molar-refractivity contribution in [2.75, 3.05) is 11.9 Å². The third-order valence-electron chi connectivity index (χ3n) is 3.17.